The van der Waals surface area contributed by atoms with Crippen molar-refractivity contribution in [3.8, 4) is 0 Å². The van der Waals surface area contributed by atoms with Gasteiger partial charge in [0.05, 0.1) is 0 Å². The third-order valence-electron chi connectivity index (χ3n) is 2.31. The van der Waals surface area contributed by atoms with Crippen LogP contribution >= 0.6 is 0 Å². The number of hydrogen-bond donors (Lipinski definition) is 4. The lowest BCUT2D eigenvalue weighted by molar-refractivity contribution is -0.195. The van der Waals surface area contributed by atoms with Crippen LogP contribution in [0.1, 0.15) is 19.4 Å². The number of benzene rings is 1. The number of rotatable bonds is 6. The molecule has 4 N–H and O–H groups in total. The summed E-state index contributed by atoms with van der Waals surface area (Å²) in [5, 5.41) is 21.6. The Morgan fingerprint density at radius 1 is 1.21 bits per heavy atom. The molecule has 8 heteroatoms. The Balaban J connectivity index is 3.35. The van der Waals surface area contributed by atoms with Crippen molar-refractivity contribution in [3.63, 3.8) is 0 Å². The summed E-state index contributed by atoms with van der Waals surface area (Å²) >= 11 is 0. The average Bonchev–Trinajstić information content (AvgIpc) is 2.26. The minimum Gasteiger partial charge on any atom is -0.364 e. The first-order valence-electron chi connectivity index (χ1n) is 5.55. The van der Waals surface area contributed by atoms with Gasteiger partial charge in [0, 0.05) is 11.6 Å². The van der Waals surface area contributed by atoms with E-state index in [2.05, 4.69) is 9.50 Å². The van der Waals surface area contributed by atoms with Crippen LogP contribution in [0.3, 0.4) is 0 Å². The van der Waals surface area contributed by atoms with Gasteiger partial charge in [-0.1, -0.05) is 30.3 Å². The Labute approximate surface area is 111 Å². The molecule has 0 heterocycles. The Bertz CT molecular complexity index is 501. The fraction of sp³-hybridized carbons (Fsp3) is 0.455. The van der Waals surface area contributed by atoms with Crippen LogP contribution in [-0.2, 0) is 20.3 Å². The van der Waals surface area contributed by atoms with E-state index >= 15 is 0 Å². The molecule has 0 spiro atoms. The molecule has 0 fully saturated rings. The van der Waals surface area contributed by atoms with E-state index in [1.165, 1.54) is 12.1 Å². The van der Waals surface area contributed by atoms with E-state index in [1.807, 2.05) is 0 Å². The number of aliphatic hydroxyl groups is 2. The van der Waals surface area contributed by atoms with Crippen LogP contribution in [0, 0.1) is 0 Å². The Morgan fingerprint density at radius 2 is 1.74 bits per heavy atom. The molecular weight excluding hydrogens is 274 g/mol. The van der Waals surface area contributed by atoms with Crippen molar-refractivity contribution < 1.29 is 27.4 Å². The molecule has 1 aromatic rings. The highest BCUT2D eigenvalue weighted by Crippen LogP contribution is 2.28. The van der Waals surface area contributed by atoms with Crippen molar-refractivity contribution in [2.75, 3.05) is 0 Å². The van der Waals surface area contributed by atoms with Crippen LogP contribution in [-0.4, -0.2) is 35.5 Å². The zero-order valence-corrected chi connectivity index (χ0v) is 11.3. The molecule has 1 atom stereocenters. The van der Waals surface area contributed by atoms with E-state index in [-0.39, 0.29) is 11.6 Å². The molecule has 0 aliphatic carbocycles. The molecule has 7 nitrogen and oxygen atoms in total. The van der Waals surface area contributed by atoms with E-state index in [4.69, 9.17) is 4.55 Å². The lowest BCUT2D eigenvalue weighted by Gasteiger charge is -2.36. The van der Waals surface area contributed by atoms with Crippen LogP contribution < -0.4 is 5.32 Å². The van der Waals surface area contributed by atoms with Crippen molar-refractivity contribution >= 4 is 10.4 Å². The molecule has 0 bridgehead atoms. The second-order valence-corrected chi connectivity index (χ2v) is 5.31. The molecule has 0 saturated carbocycles. The van der Waals surface area contributed by atoms with Gasteiger partial charge in [0.25, 0.3) is 0 Å². The molecule has 0 aromatic heterocycles. The standard InChI is InChI=1S/C11H17NO6S/c1-8(2)12-11(10(13)14,18-19(15,16)17)9-6-4-3-5-7-9/h3-8,10,12-14H,1-2H3,(H,15,16,17). The highest BCUT2D eigenvalue weighted by Gasteiger charge is 2.44. The zero-order chi connectivity index (χ0) is 14.7. The van der Waals surface area contributed by atoms with Gasteiger partial charge in [0.2, 0.25) is 12.0 Å². The first-order chi connectivity index (χ1) is 8.67. The SMILES string of the molecule is CC(C)NC(OS(=O)(=O)O)(c1ccccc1)C(O)O. The molecule has 0 aliphatic rings. The summed E-state index contributed by atoms with van der Waals surface area (Å²) in [6, 6.07) is 7.36. The van der Waals surface area contributed by atoms with Gasteiger partial charge in [-0.2, -0.15) is 8.42 Å². The fourth-order valence-corrected chi connectivity index (χ4v) is 2.27. The highest BCUT2D eigenvalue weighted by atomic mass is 32.3. The summed E-state index contributed by atoms with van der Waals surface area (Å²) in [7, 11) is -4.90. The normalized spacial score (nSPS) is 15.7. The molecule has 0 saturated heterocycles. The van der Waals surface area contributed by atoms with E-state index < -0.39 is 22.4 Å². The lowest BCUT2D eigenvalue weighted by Crippen LogP contribution is -2.57. The van der Waals surface area contributed by atoms with Gasteiger partial charge in [-0.3, -0.25) is 9.87 Å². The minimum atomic E-state index is -4.90. The summed E-state index contributed by atoms with van der Waals surface area (Å²) in [6.07, 6.45) is -2.21. The van der Waals surface area contributed by atoms with Crippen molar-refractivity contribution in [2.45, 2.75) is 31.9 Å². The Kier molecular flexibility index (Phi) is 5.02. The predicted octanol–water partition coefficient (Wildman–Crippen LogP) is -0.0325. The molecular formula is C11H17NO6S. The molecule has 108 valence electrons. The molecule has 1 unspecified atom stereocenters. The van der Waals surface area contributed by atoms with Gasteiger partial charge in [-0.15, -0.1) is 0 Å². The van der Waals surface area contributed by atoms with Gasteiger partial charge >= 0.3 is 10.4 Å². The zero-order valence-electron chi connectivity index (χ0n) is 10.5. The van der Waals surface area contributed by atoms with Gasteiger partial charge < -0.3 is 10.2 Å². The van der Waals surface area contributed by atoms with Gasteiger partial charge in [-0.05, 0) is 13.8 Å². The maximum atomic E-state index is 11.0. The summed E-state index contributed by atoms with van der Waals surface area (Å²) in [5.74, 6) is 0. The monoisotopic (exact) mass is 291 g/mol. The van der Waals surface area contributed by atoms with Gasteiger partial charge in [-0.25, -0.2) is 4.18 Å². The van der Waals surface area contributed by atoms with E-state index in [0.717, 1.165) is 0 Å². The van der Waals surface area contributed by atoms with E-state index in [0.29, 0.717) is 0 Å². The lowest BCUT2D eigenvalue weighted by atomic mass is 10.0. The van der Waals surface area contributed by atoms with E-state index in [1.54, 1.807) is 32.0 Å². The van der Waals surface area contributed by atoms with Gasteiger partial charge in [0.15, 0.2) is 0 Å². The molecule has 1 rings (SSSR count). The van der Waals surface area contributed by atoms with Crippen LogP contribution in [0.25, 0.3) is 0 Å². The first kappa shape index (κ1) is 16.0. The Hall–Kier alpha value is -1.03. The second-order valence-electron chi connectivity index (χ2n) is 4.29. The summed E-state index contributed by atoms with van der Waals surface area (Å²) in [4.78, 5) is 0. The van der Waals surface area contributed by atoms with Crippen LogP contribution in [0.15, 0.2) is 30.3 Å². The topological polar surface area (TPSA) is 116 Å². The maximum Gasteiger partial charge on any atom is 0.399 e. The summed E-state index contributed by atoms with van der Waals surface area (Å²) in [6.45, 7) is 3.32. The number of hydrogen-bond acceptors (Lipinski definition) is 6. The molecule has 0 aliphatic heterocycles. The smallest absolute Gasteiger partial charge is 0.364 e. The number of aliphatic hydroxyl groups excluding tert-OH is 1. The fourth-order valence-electron chi connectivity index (χ4n) is 1.70. The summed E-state index contributed by atoms with van der Waals surface area (Å²) in [5.41, 5.74) is -2.03. The van der Waals surface area contributed by atoms with Crippen LogP contribution in [0.5, 0.6) is 0 Å². The minimum absolute atomic E-state index is 0.149. The van der Waals surface area contributed by atoms with Crippen LogP contribution in [0.4, 0.5) is 0 Å². The maximum absolute atomic E-state index is 11.0. The third kappa shape index (κ3) is 4.23. The first-order valence-corrected chi connectivity index (χ1v) is 6.91. The van der Waals surface area contributed by atoms with Crippen molar-refractivity contribution in [1.82, 2.24) is 5.32 Å². The number of nitrogens with one attached hydrogen (secondary N) is 1. The van der Waals surface area contributed by atoms with Crippen LogP contribution in [0.2, 0.25) is 0 Å². The molecule has 0 radical (unpaired) electrons. The predicted molar refractivity (Wildman–Crippen MR) is 67.3 cm³/mol. The quantitative estimate of drug-likeness (QED) is 0.429. The molecule has 19 heavy (non-hydrogen) atoms. The van der Waals surface area contributed by atoms with Crippen molar-refractivity contribution in [3.05, 3.63) is 35.9 Å². The summed E-state index contributed by atoms with van der Waals surface area (Å²) < 4.78 is 35.3. The highest BCUT2D eigenvalue weighted by molar-refractivity contribution is 7.80. The van der Waals surface area contributed by atoms with E-state index in [9.17, 15) is 18.6 Å². The molecule has 1 aromatic carbocycles. The van der Waals surface area contributed by atoms with Gasteiger partial charge in [0.1, 0.15) is 0 Å². The van der Waals surface area contributed by atoms with Crippen molar-refractivity contribution in [1.29, 1.82) is 0 Å². The Morgan fingerprint density at radius 3 is 2.11 bits per heavy atom. The second kappa shape index (κ2) is 5.95. The van der Waals surface area contributed by atoms with Crippen molar-refractivity contribution in [2.24, 2.45) is 0 Å². The third-order valence-corrected chi connectivity index (χ3v) is 2.78. The largest absolute Gasteiger partial charge is 0.399 e. The molecule has 0 amide bonds. The average molecular weight is 291 g/mol.